The van der Waals surface area contributed by atoms with E-state index in [2.05, 4.69) is 10.1 Å². The number of rotatable bonds is 5. The van der Waals surface area contributed by atoms with Gasteiger partial charge in [-0.1, -0.05) is 41.6 Å². The molecule has 0 aliphatic rings. The molecule has 0 saturated carbocycles. The van der Waals surface area contributed by atoms with Gasteiger partial charge in [0.05, 0.1) is 10.6 Å². The molecule has 0 amide bonds. The van der Waals surface area contributed by atoms with Crippen molar-refractivity contribution < 1.29 is 8.78 Å². The van der Waals surface area contributed by atoms with Crippen LogP contribution in [-0.2, 0) is 7.05 Å². The van der Waals surface area contributed by atoms with E-state index in [4.69, 9.17) is 11.6 Å². The average Bonchev–Trinajstić information content (AvgIpc) is 3.25. The summed E-state index contributed by atoms with van der Waals surface area (Å²) in [5.41, 5.74) is 3.25. The molecule has 0 aliphatic carbocycles. The second-order valence-corrected chi connectivity index (χ2v) is 8.63. The summed E-state index contributed by atoms with van der Waals surface area (Å²) in [5.74, 6) is 0.442. The molecule has 8 heteroatoms. The molecule has 0 spiro atoms. The molecule has 0 saturated heterocycles. The minimum atomic E-state index is -0.455. The summed E-state index contributed by atoms with van der Waals surface area (Å²) in [4.78, 5) is 6.56. The van der Waals surface area contributed by atoms with Gasteiger partial charge in [0.1, 0.15) is 11.8 Å². The SMILES string of the molecule is Cc1c(-c2nc(-c3c(F)cccc3Cl)nn2C)csc1-c1ccc(SCF)cc1. The highest BCUT2D eigenvalue weighted by Crippen LogP contribution is 2.38. The van der Waals surface area contributed by atoms with Gasteiger partial charge in [0.2, 0.25) is 0 Å². The van der Waals surface area contributed by atoms with E-state index < -0.39 is 11.8 Å². The van der Waals surface area contributed by atoms with Gasteiger partial charge in [-0.2, -0.15) is 5.10 Å². The summed E-state index contributed by atoms with van der Waals surface area (Å²) in [6.45, 7) is 2.02. The quantitative estimate of drug-likeness (QED) is 0.308. The molecule has 0 atom stereocenters. The largest absolute Gasteiger partial charge is 0.248 e. The number of hydrogen-bond acceptors (Lipinski definition) is 4. The molecule has 4 rings (SSSR count). The molecule has 2 heterocycles. The van der Waals surface area contributed by atoms with Crippen LogP contribution in [0.3, 0.4) is 0 Å². The Kier molecular flexibility index (Phi) is 5.72. The second-order valence-electron chi connectivity index (χ2n) is 6.36. The predicted molar refractivity (Wildman–Crippen MR) is 117 cm³/mol. The third kappa shape index (κ3) is 3.82. The van der Waals surface area contributed by atoms with Crippen molar-refractivity contribution in [3.8, 4) is 33.2 Å². The van der Waals surface area contributed by atoms with Crippen LogP contribution in [0.4, 0.5) is 8.78 Å². The number of benzene rings is 2. The van der Waals surface area contributed by atoms with Crippen molar-refractivity contribution in [1.82, 2.24) is 14.8 Å². The van der Waals surface area contributed by atoms with Gasteiger partial charge in [0.25, 0.3) is 0 Å². The van der Waals surface area contributed by atoms with E-state index in [9.17, 15) is 8.78 Å². The van der Waals surface area contributed by atoms with Crippen molar-refractivity contribution >= 4 is 34.7 Å². The van der Waals surface area contributed by atoms with Crippen LogP contribution in [0.5, 0.6) is 0 Å². The molecule has 0 fully saturated rings. The van der Waals surface area contributed by atoms with Gasteiger partial charge in [-0.15, -0.1) is 11.3 Å². The summed E-state index contributed by atoms with van der Waals surface area (Å²) >= 11 is 8.94. The topological polar surface area (TPSA) is 30.7 Å². The van der Waals surface area contributed by atoms with Crippen molar-refractivity contribution in [1.29, 1.82) is 0 Å². The molecule has 2 aromatic heterocycles. The zero-order valence-corrected chi connectivity index (χ0v) is 18.0. The van der Waals surface area contributed by atoms with Gasteiger partial charge >= 0.3 is 0 Å². The van der Waals surface area contributed by atoms with E-state index in [1.54, 1.807) is 35.2 Å². The van der Waals surface area contributed by atoms with E-state index in [1.165, 1.54) is 6.07 Å². The summed E-state index contributed by atoms with van der Waals surface area (Å²) in [5, 5.41) is 6.68. The molecular formula is C21H16ClF2N3S2. The first kappa shape index (κ1) is 20.1. The highest BCUT2D eigenvalue weighted by atomic mass is 35.5. The fourth-order valence-corrected chi connectivity index (χ4v) is 4.90. The fourth-order valence-electron chi connectivity index (χ4n) is 3.12. The molecule has 0 N–H and O–H groups in total. The molecule has 0 radical (unpaired) electrons. The van der Waals surface area contributed by atoms with Crippen LogP contribution in [0.1, 0.15) is 5.56 Å². The van der Waals surface area contributed by atoms with Crippen molar-refractivity contribution in [2.24, 2.45) is 7.05 Å². The number of hydrogen-bond donors (Lipinski definition) is 0. The Balaban J connectivity index is 1.73. The normalized spacial score (nSPS) is 11.2. The molecule has 29 heavy (non-hydrogen) atoms. The number of aromatic nitrogens is 3. The molecule has 0 bridgehead atoms. The Labute approximate surface area is 180 Å². The Morgan fingerprint density at radius 3 is 2.62 bits per heavy atom. The van der Waals surface area contributed by atoms with E-state index in [-0.39, 0.29) is 16.4 Å². The van der Waals surface area contributed by atoms with Crippen LogP contribution in [-0.4, -0.2) is 20.8 Å². The first-order chi connectivity index (χ1) is 14.0. The first-order valence-electron chi connectivity index (χ1n) is 8.72. The molecule has 2 aromatic carbocycles. The van der Waals surface area contributed by atoms with Crippen LogP contribution >= 0.6 is 34.7 Å². The van der Waals surface area contributed by atoms with Gasteiger partial charge in [-0.3, -0.25) is 0 Å². The molecule has 3 nitrogen and oxygen atoms in total. The second kappa shape index (κ2) is 8.26. The van der Waals surface area contributed by atoms with E-state index >= 15 is 0 Å². The van der Waals surface area contributed by atoms with Crippen molar-refractivity contribution in [2.45, 2.75) is 11.8 Å². The van der Waals surface area contributed by atoms with E-state index in [0.717, 1.165) is 38.2 Å². The molecule has 4 aromatic rings. The Hall–Kier alpha value is -2.22. The number of halogens is 3. The van der Waals surface area contributed by atoms with E-state index in [1.807, 2.05) is 36.6 Å². The Morgan fingerprint density at radius 1 is 1.17 bits per heavy atom. The number of thioether (sulfide) groups is 1. The third-order valence-corrected chi connectivity index (χ3v) is 6.73. The van der Waals surface area contributed by atoms with Crippen LogP contribution in [0.15, 0.2) is 52.7 Å². The lowest BCUT2D eigenvalue weighted by atomic mass is 10.1. The highest BCUT2D eigenvalue weighted by molar-refractivity contribution is 7.99. The van der Waals surface area contributed by atoms with Gasteiger partial charge in [0, 0.05) is 27.8 Å². The van der Waals surface area contributed by atoms with Gasteiger partial charge in [-0.05, 0) is 42.3 Å². The summed E-state index contributed by atoms with van der Waals surface area (Å²) in [6.07, 6.45) is 0. The lowest BCUT2D eigenvalue weighted by molar-refractivity contribution is 0.605. The van der Waals surface area contributed by atoms with Gasteiger partial charge in [-0.25, -0.2) is 18.4 Å². The molecule has 0 aliphatic heterocycles. The van der Waals surface area contributed by atoms with Crippen molar-refractivity contribution in [3.63, 3.8) is 0 Å². The van der Waals surface area contributed by atoms with Crippen LogP contribution < -0.4 is 0 Å². The Morgan fingerprint density at radius 2 is 1.93 bits per heavy atom. The third-order valence-electron chi connectivity index (χ3n) is 4.57. The maximum Gasteiger partial charge on any atom is 0.186 e. The van der Waals surface area contributed by atoms with Crippen molar-refractivity contribution in [3.05, 3.63) is 64.2 Å². The summed E-state index contributed by atoms with van der Waals surface area (Å²) < 4.78 is 28.4. The van der Waals surface area contributed by atoms with Gasteiger partial charge < -0.3 is 0 Å². The average molecular weight is 448 g/mol. The lowest BCUT2D eigenvalue weighted by Crippen LogP contribution is -1.95. The molecule has 0 unspecified atom stereocenters. The minimum absolute atomic E-state index is 0.199. The minimum Gasteiger partial charge on any atom is -0.248 e. The maximum absolute atomic E-state index is 14.3. The van der Waals surface area contributed by atoms with E-state index in [0.29, 0.717) is 5.82 Å². The molecule has 148 valence electrons. The zero-order chi connectivity index (χ0) is 20.5. The summed E-state index contributed by atoms with van der Waals surface area (Å²) in [7, 11) is 1.78. The van der Waals surface area contributed by atoms with Gasteiger partial charge in [0.15, 0.2) is 11.6 Å². The van der Waals surface area contributed by atoms with Crippen LogP contribution in [0.2, 0.25) is 5.02 Å². The maximum atomic E-state index is 14.3. The van der Waals surface area contributed by atoms with Crippen LogP contribution in [0.25, 0.3) is 33.2 Å². The predicted octanol–water partition coefficient (Wildman–Crippen LogP) is 7.00. The smallest absolute Gasteiger partial charge is 0.186 e. The van der Waals surface area contributed by atoms with Crippen molar-refractivity contribution in [2.75, 3.05) is 6.01 Å². The zero-order valence-electron chi connectivity index (χ0n) is 15.6. The number of alkyl halides is 1. The van der Waals surface area contributed by atoms with Crippen LogP contribution in [0, 0.1) is 12.7 Å². The summed E-state index contributed by atoms with van der Waals surface area (Å²) in [6, 6.07) is 11.9. The molecular weight excluding hydrogens is 432 g/mol. The number of thiophene rings is 1. The highest BCUT2D eigenvalue weighted by Gasteiger charge is 2.20. The Bertz CT molecular complexity index is 1150. The number of aryl methyl sites for hydroxylation is 1. The fraction of sp³-hybridized carbons (Fsp3) is 0.143. The lowest BCUT2D eigenvalue weighted by Gasteiger charge is -2.04. The monoisotopic (exact) mass is 447 g/mol. The first-order valence-corrected chi connectivity index (χ1v) is 11.0. The number of nitrogens with zero attached hydrogens (tertiary/aromatic N) is 3. The standard InChI is InChI=1S/C21H16ClF2N3S2/c1-12-15(10-28-19(12)13-6-8-14(9-7-13)29-11-23)21-25-20(26-27(21)2)18-16(22)4-3-5-17(18)24/h3-10H,11H2,1-2H3.